The summed E-state index contributed by atoms with van der Waals surface area (Å²) < 4.78 is 16.3. The Morgan fingerprint density at radius 3 is 2.61 bits per heavy atom. The summed E-state index contributed by atoms with van der Waals surface area (Å²) in [6, 6.07) is 9.58. The number of aromatic nitrogens is 1. The van der Waals surface area contributed by atoms with Gasteiger partial charge in [0, 0.05) is 31.4 Å². The van der Waals surface area contributed by atoms with Crippen molar-refractivity contribution in [3.8, 4) is 17.4 Å². The minimum absolute atomic E-state index is 0.0285. The summed E-state index contributed by atoms with van der Waals surface area (Å²) in [7, 11) is 5.05. The summed E-state index contributed by atoms with van der Waals surface area (Å²) in [6.45, 7) is 5.39. The van der Waals surface area contributed by atoms with Crippen molar-refractivity contribution >= 4 is 5.96 Å². The van der Waals surface area contributed by atoms with Crippen molar-refractivity contribution in [1.82, 2.24) is 15.6 Å². The zero-order chi connectivity index (χ0) is 20.4. The fourth-order valence-corrected chi connectivity index (χ4v) is 2.65. The van der Waals surface area contributed by atoms with Crippen LogP contribution in [0.1, 0.15) is 37.4 Å². The molecule has 2 rings (SSSR count). The summed E-state index contributed by atoms with van der Waals surface area (Å²) in [5.74, 6) is 2.91. The molecule has 1 aromatic heterocycles. The van der Waals surface area contributed by atoms with Crippen LogP contribution in [0.25, 0.3) is 0 Å². The molecule has 0 aliphatic rings. The molecule has 0 aliphatic heterocycles. The van der Waals surface area contributed by atoms with Crippen LogP contribution >= 0.6 is 0 Å². The van der Waals surface area contributed by atoms with E-state index >= 15 is 0 Å². The summed E-state index contributed by atoms with van der Waals surface area (Å²) in [6.07, 6.45) is 2.77. The third-order valence-corrected chi connectivity index (χ3v) is 4.19. The number of hydrogen-bond acceptors (Lipinski definition) is 5. The Morgan fingerprint density at radius 1 is 1.18 bits per heavy atom. The van der Waals surface area contributed by atoms with Gasteiger partial charge in [0.25, 0.3) is 0 Å². The maximum Gasteiger partial charge on any atom is 0.213 e. The zero-order valence-electron chi connectivity index (χ0n) is 17.3. The van der Waals surface area contributed by atoms with Gasteiger partial charge in [-0.05, 0) is 37.1 Å². The summed E-state index contributed by atoms with van der Waals surface area (Å²) in [4.78, 5) is 8.62. The molecule has 0 saturated heterocycles. The van der Waals surface area contributed by atoms with Gasteiger partial charge in [-0.1, -0.05) is 13.0 Å². The van der Waals surface area contributed by atoms with Crippen LogP contribution in [0.4, 0.5) is 0 Å². The van der Waals surface area contributed by atoms with Crippen LogP contribution in [0.5, 0.6) is 17.4 Å². The average Bonchev–Trinajstić information content (AvgIpc) is 2.75. The molecule has 0 radical (unpaired) electrons. The normalized spacial score (nSPS) is 12.2. The predicted octanol–water partition coefficient (Wildman–Crippen LogP) is 3.31. The number of pyridine rings is 1. The molecule has 1 unspecified atom stereocenters. The Hall–Kier alpha value is -2.96. The zero-order valence-corrected chi connectivity index (χ0v) is 17.3. The molecule has 0 aliphatic carbocycles. The molecule has 7 heteroatoms. The third kappa shape index (κ3) is 6.04. The van der Waals surface area contributed by atoms with Crippen molar-refractivity contribution < 1.29 is 14.2 Å². The number of ether oxygens (including phenoxy) is 3. The fraction of sp³-hybridized carbons (Fsp3) is 0.429. The molecule has 152 valence electrons. The van der Waals surface area contributed by atoms with Gasteiger partial charge in [-0.2, -0.15) is 0 Å². The first kappa shape index (κ1) is 21.3. The lowest BCUT2D eigenvalue weighted by atomic mass is 10.1. The Labute approximate surface area is 167 Å². The monoisotopic (exact) mass is 386 g/mol. The first-order valence-electron chi connectivity index (χ1n) is 9.38. The Bertz CT molecular complexity index is 763. The number of benzene rings is 1. The van der Waals surface area contributed by atoms with E-state index in [1.807, 2.05) is 37.3 Å². The smallest absolute Gasteiger partial charge is 0.213 e. The predicted molar refractivity (Wildman–Crippen MR) is 111 cm³/mol. The highest BCUT2D eigenvalue weighted by Gasteiger charge is 2.14. The van der Waals surface area contributed by atoms with E-state index in [9.17, 15) is 0 Å². The van der Waals surface area contributed by atoms with Crippen molar-refractivity contribution in [3.63, 3.8) is 0 Å². The summed E-state index contributed by atoms with van der Waals surface area (Å²) >= 11 is 0. The molecule has 7 nitrogen and oxygen atoms in total. The molecule has 2 aromatic rings. The van der Waals surface area contributed by atoms with Crippen molar-refractivity contribution in [2.45, 2.75) is 32.9 Å². The maximum atomic E-state index is 5.51. The molecular weight excluding hydrogens is 356 g/mol. The van der Waals surface area contributed by atoms with Gasteiger partial charge >= 0.3 is 0 Å². The highest BCUT2D eigenvalue weighted by atomic mass is 16.5. The number of guanidine groups is 1. The van der Waals surface area contributed by atoms with Crippen molar-refractivity contribution in [3.05, 3.63) is 47.7 Å². The second kappa shape index (κ2) is 11.0. The van der Waals surface area contributed by atoms with Crippen molar-refractivity contribution in [1.29, 1.82) is 0 Å². The van der Waals surface area contributed by atoms with E-state index in [1.54, 1.807) is 27.5 Å². The number of rotatable bonds is 9. The highest BCUT2D eigenvalue weighted by Crippen LogP contribution is 2.29. The number of nitrogens with zero attached hydrogens (tertiary/aromatic N) is 2. The van der Waals surface area contributed by atoms with Gasteiger partial charge in [0.1, 0.15) is 11.5 Å². The minimum atomic E-state index is -0.0285. The van der Waals surface area contributed by atoms with E-state index in [0.717, 1.165) is 29.0 Å². The quantitative estimate of drug-likeness (QED) is 0.509. The van der Waals surface area contributed by atoms with Crippen LogP contribution in [0.15, 0.2) is 41.5 Å². The van der Waals surface area contributed by atoms with E-state index in [-0.39, 0.29) is 6.04 Å². The van der Waals surface area contributed by atoms with Gasteiger partial charge in [-0.3, -0.25) is 4.99 Å². The molecule has 0 spiro atoms. The maximum absolute atomic E-state index is 5.51. The number of nitrogens with one attached hydrogen (secondary N) is 2. The summed E-state index contributed by atoms with van der Waals surface area (Å²) in [5.41, 5.74) is 2.03. The van der Waals surface area contributed by atoms with Crippen LogP contribution in [0.2, 0.25) is 0 Å². The molecule has 0 amide bonds. The molecule has 2 N–H and O–H groups in total. The van der Waals surface area contributed by atoms with Crippen LogP contribution in [0.3, 0.4) is 0 Å². The van der Waals surface area contributed by atoms with Gasteiger partial charge in [-0.15, -0.1) is 0 Å². The first-order valence-corrected chi connectivity index (χ1v) is 9.38. The molecule has 0 bridgehead atoms. The van der Waals surface area contributed by atoms with Crippen LogP contribution < -0.4 is 24.8 Å². The fourth-order valence-electron chi connectivity index (χ4n) is 2.65. The molecule has 0 fully saturated rings. The van der Waals surface area contributed by atoms with Gasteiger partial charge < -0.3 is 24.8 Å². The third-order valence-electron chi connectivity index (χ3n) is 4.19. The van der Waals surface area contributed by atoms with E-state index in [1.165, 1.54) is 0 Å². The van der Waals surface area contributed by atoms with Gasteiger partial charge in [0.05, 0.1) is 26.9 Å². The highest BCUT2D eigenvalue weighted by molar-refractivity contribution is 5.80. The first-order chi connectivity index (χ1) is 13.6. The number of hydrogen-bond donors (Lipinski definition) is 2. The molecule has 1 atom stereocenters. The van der Waals surface area contributed by atoms with Crippen LogP contribution in [-0.2, 0) is 6.54 Å². The minimum Gasteiger partial charge on any atom is -0.497 e. The largest absolute Gasteiger partial charge is 0.497 e. The lowest BCUT2D eigenvalue weighted by Crippen LogP contribution is -2.38. The second-order valence-electron chi connectivity index (χ2n) is 6.25. The standard InChI is InChI=1S/C21H30N4O3/c1-6-11-28-20-10-7-16(13-23-20)14-24-21(22-3)25-15(2)18-12-17(26-4)8-9-19(18)27-5/h7-10,12-13,15H,6,11,14H2,1-5H3,(H2,22,24,25). The van der Waals surface area contributed by atoms with E-state index in [0.29, 0.717) is 25.0 Å². The molecule has 1 aromatic carbocycles. The lowest BCUT2D eigenvalue weighted by molar-refractivity contribution is 0.305. The van der Waals surface area contributed by atoms with E-state index < -0.39 is 0 Å². The molecule has 0 saturated carbocycles. The lowest BCUT2D eigenvalue weighted by Gasteiger charge is -2.21. The Balaban J connectivity index is 1.97. The molecule has 28 heavy (non-hydrogen) atoms. The van der Waals surface area contributed by atoms with Gasteiger partial charge in [-0.25, -0.2) is 4.98 Å². The van der Waals surface area contributed by atoms with Gasteiger partial charge in [0.15, 0.2) is 5.96 Å². The van der Waals surface area contributed by atoms with E-state index in [2.05, 4.69) is 27.5 Å². The Morgan fingerprint density at radius 2 is 2.00 bits per heavy atom. The number of methoxy groups -OCH3 is 2. The second-order valence-corrected chi connectivity index (χ2v) is 6.25. The topological polar surface area (TPSA) is 77.0 Å². The van der Waals surface area contributed by atoms with Crippen LogP contribution in [0, 0.1) is 0 Å². The van der Waals surface area contributed by atoms with Crippen molar-refractivity contribution in [2.24, 2.45) is 4.99 Å². The number of aliphatic imine (C=N–C) groups is 1. The van der Waals surface area contributed by atoms with Crippen LogP contribution in [-0.4, -0.2) is 38.8 Å². The summed E-state index contributed by atoms with van der Waals surface area (Å²) in [5, 5.41) is 6.68. The Kier molecular flexibility index (Phi) is 8.39. The molecular formula is C21H30N4O3. The SMILES string of the molecule is CCCOc1ccc(CNC(=NC)NC(C)c2cc(OC)ccc2OC)cn1. The average molecular weight is 386 g/mol. The van der Waals surface area contributed by atoms with Crippen molar-refractivity contribution in [2.75, 3.05) is 27.9 Å². The molecule has 1 heterocycles. The van der Waals surface area contributed by atoms with E-state index in [4.69, 9.17) is 14.2 Å². The van der Waals surface area contributed by atoms with Gasteiger partial charge in [0.2, 0.25) is 5.88 Å².